The van der Waals surface area contributed by atoms with Crippen molar-refractivity contribution in [1.29, 1.82) is 0 Å². The van der Waals surface area contributed by atoms with Crippen LogP contribution in [0.25, 0.3) is 0 Å². The Morgan fingerprint density at radius 3 is 2.55 bits per heavy atom. The number of fused-ring (bicyclic) bond motifs is 1. The quantitative estimate of drug-likeness (QED) is 0.752. The fourth-order valence-corrected chi connectivity index (χ4v) is 6.85. The van der Waals surface area contributed by atoms with Gasteiger partial charge in [-0.05, 0) is 62.8 Å². The molecule has 0 spiro atoms. The van der Waals surface area contributed by atoms with Crippen molar-refractivity contribution in [2.45, 2.75) is 88.1 Å². The van der Waals surface area contributed by atoms with Gasteiger partial charge in [0.15, 0.2) is 0 Å². The number of hydrogen-bond acceptors (Lipinski definition) is 4. The summed E-state index contributed by atoms with van der Waals surface area (Å²) in [5.41, 5.74) is 1.47. The third kappa shape index (κ3) is 4.80. The van der Waals surface area contributed by atoms with E-state index in [0.29, 0.717) is 18.7 Å². The number of nitrogens with zero attached hydrogens (tertiary/aromatic N) is 2. The first kappa shape index (κ1) is 22.3. The fraction of sp³-hybridized carbons (Fsp3) is 0.652. The maximum absolute atomic E-state index is 13.2. The molecule has 1 aliphatic carbocycles. The average molecular weight is 448 g/mol. The second-order valence-corrected chi connectivity index (χ2v) is 11.0. The summed E-state index contributed by atoms with van der Waals surface area (Å²) >= 11 is 0. The molecule has 8 heteroatoms. The number of aryl methyl sites for hydroxylation is 1. The van der Waals surface area contributed by atoms with Gasteiger partial charge in [0.25, 0.3) is 0 Å². The summed E-state index contributed by atoms with van der Waals surface area (Å²) < 4.78 is 28.0. The topological polar surface area (TPSA) is 86.8 Å². The number of sulfonamides is 1. The van der Waals surface area contributed by atoms with E-state index in [0.717, 1.165) is 50.5 Å². The molecule has 0 aromatic heterocycles. The highest BCUT2D eigenvalue weighted by Crippen LogP contribution is 2.32. The number of amides is 2. The van der Waals surface area contributed by atoms with E-state index in [9.17, 15) is 18.0 Å². The molecule has 31 heavy (non-hydrogen) atoms. The van der Waals surface area contributed by atoms with Crippen LogP contribution >= 0.6 is 0 Å². The first-order valence-corrected chi connectivity index (χ1v) is 13.0. The summed E-state index contributed by atoms with van der Waals surface area (Å²) in [4.78, 5) is 27.0. The third-order valence-corrected chi connectivity index (χ3v) is 8.88. The number of rotatable bonds is 5. The number of carbonyl (C=O) groups excluding carboxylic acids is 2. The van der Waals surface area contributed by atoms with Crippen molar-refractivity contribution < 1.29 is 18.0 Å². The van der Waals surface area contributed by atoms with Crippen LogP contribution in [0.15, 0.2) is 23.1 Å². The molecular formula is C23H33N3O4S. The molecule has 0 radical (unpaired) electrons. The zero-order valence-electron chi connectivity index (χ0n) is 18.3. The van der Waals surface area contributed by atoms with Crippen molar-refractivity contribution >= 4 is 27.5 Å². The minimum atomic E-state index is -3.57. The average Bonchev–Trinajstić information content (AvgIpc) is 2.76. The Morgan fingerprint density at radius 1 is 1.06 bits per heavy atom. The summed E-state index contributed by atoms with van der Waals surface area (Å²) in [5, 5.41) is 3.07. The molecule has 0 bridgehead atoms. The Kier molecular flexibility index (Phi) is 6.67. The van der Waals surface area contributed by atoms with Crippen LogP contribution < -0.4 is 10.2 Å². The molecule has 1 N–H and O–H groups in total. The summed E-state index contributed by atoms with van der Waals surface area (Å²) in [6, 6.07) is 5.17. The smallest absolute Gasteiger partial charge is 0.243 e. The van der Waals surface area contributed by atoms with E-state index in [1.165, 1.54) is 11.3 Å². The summed E-state index contributed by atoms with van der Waals surface area (Å²) in [6.45, 7) is 2.49. The molecule has 1 aromatic rings. The van der Waals surface area contributed by atoms with Gasteiger partial charge in [-0.3, -0.25) is 9.59 Å². The molecule has 2 heterocycles. The van der Waals surface area contributed by atoms with Gasteiger partial charge in [-0.2, -0.15) is 4.31 Å². The largest absolute Gasteiger partial charge is 0.352 e. The Labute approximate surface area is 185 Å². The Bertz CT molecular complexity index is 940. The van der Waals surface area contributed by atoms with Crippen LogP contribution in [0.3, 0.4) is 0 Å². The van der Waals surface area contributed by atoms with E-state index in [4.69, 9.17) is 0 Å². The van der Waals surface area contributed by atoms with Crippen molar-refractivity contribution in [2.24, 2.45) is 0 Å². The molecule has 170 valence electrons. The van der Waals surface area contributed by atoms with E-state index in [1.807, 2.05) is 6.92 Å². The van der Waals surface area contributed by atoms with Crippen LogP contribution in [-0.2, 0) is 26.0 Å². The van der Waals surface area contributed by atoms with Gasteiger partial charge in [0.2, 0.25) is 21.8 Å². The Balaban J connectivity index is 1.52. The number of nitrogens with one attached hydrogen (secondary N) is 1. The van der Waals surface area contributed by atoms with E-state index in [1.54, 1.807) is 22.5 Å². The normalized spacial score (nSPS) is 23.5. The number of carbonyl (C=O) groups is 2. The van der Waals surface area contributed by atoms with Crippen LogP contribution in [0.2, 0.25) is 0 Å². The standard InChI is InChI=1S/C23H33N3O4S/c1-17-7-5-6-14-26(17)31(29,30)20-11-12-21-18(15-20)10-13-23(28)25(21)16-22(27)24-19-8-3-2-4-9-19/h11-12,15,17,19H,2-10,13-14,16H2,1H3,(H,24,27). The van der Waals surface area contributed by atoms with Crippen LogP contribution in [0.1, 0.15) is 70.3 Å². The van der Waals surface area contributed by atoms with Crippen molar-refractivity contribution in [1.82, 2.24) is 9.62 Å². The van der Waals surface area contributed by atoms with E-state index >= 15 is 0 Å². The number of benzene rings is 1. The second kappa shape index (κ2) is 9.28. The lowest BCUT2D eigenvalue weighted by Crippen LogP contribution is -2.46. The van der Waals surface area contributed by atoms with Crippen LogP contribution in [-0.4, -0.2) is 49.7 Å². The summed E-state index contributed by atoms with van der Waals surface area (Å²) in [7, 11) is -3.57. The van der Waals surface area contributed by atoms with E-state index in [-0.39, 0.29) is 41.8 Å². The van der Waals surface area contributed by atoms with Gasteiger partial charge >= 0.3 is 0 Å². The van der Waals surface area contributed by atoms with Gasteiger partial charge < -0.3 is 10.2 Å². The second-order valence-electron chi connectivity index (χ2n) is 9.13. The molecule has 4 rings (SSSR count). The number of piperidine rings is 1. The zero-order chi connectivity index (χ0) is 22.0. The molecule has 3 aliphatic rings. The highest BCUT2D eigenvalue weighted by molar-refractivity contribution is 7.89. The van der Waals surface area contributed by atoms with Crippen LogP contribution in [0.5, 0.6) is 0 Å². The molecular weight excluding hydrogens is 414 g/mol. The van der Waals surface area contributed by atoms with Gasteiger partial charge in [-0.1, -0.05) is 25.7 Å². The number of anilines is 1. The lowest BCUT2D eigenvalue weighted by molar-refractivity contribution is -0.124. The molecule has 7 nitrogen and oxygen atoms in total. The minimum absolute atomic E-state index is 0.00339. The highest BCUT2D eigenvalue weighted by Gasteiger charge is 2.33. The lowest BCUT2D eigenvalue weighted by atomic mass is 9.95. The van der Waals surface area contributed by atoms with Crippen molar-refractivity contribution in [3.05, 3.63) is 23.8 Å². The summed E-state index contributed by atoms with van der Waals surface area (Å²) in [5.74, 6) is -0.238. The lowest BCUT2D eigenvalue weighted by Gasteiger charge is -2.33. The summed E-state index contributed by atoms with van der Waals surface area (Å²) in [6.07, 6.45) is 9.05. The van der Waals surface area contributed by atoms with Crippen molar-refractivity contribution in [2.75, 3.05) is 18.0 Å². The van der Waals surface area contributed by atoms with Gasteiger partial charge in [0, 0.05) is 30.7 Å². The van der Waals surface area contributed by atoms with Crippen molar-refractivity contribution in [3.63, 3.8) is 0 Å². The molecule has 1 saturated heterocycles. The maximum atomic E-state index is 13.2. The van der Waals surface area contributed by atoms with Gasteiger partial charge in [0.1, 0.15) is 6.54 Å². The van der Waals surface area contributed by atoms with Crippen LogP contribution in [0.4, 0.5) is 5.69 Å². The molecule has 2 fully saturated rings. The number of hydrogen-bond donors (Lipinski definition) is 1. The maximum Gasteiger partial charge on any atom is 0.243 e. The van der Waals surface area contributed by atoms with Gasteiger partial charge in [-0.25, -0.2) is 8.42 Å². The molecule has 1 saturated carbocycles. The first-order valence-electron chi connectivity index (χ1n) is 11.6. The van der Waals surface area contributed by atoms with Crippen molar-refractivity contribution in [3.8, 4) is 0 Å². The third-order valence-electron chi connectivity index (χ3n) is 6.87. The van der Waals surface area contributed by atoms with E-state index < -0.39 is 10.0 Å². The van der Waals surface area contributed by atoms with E-state index in [2.05, 4.69) is 5.32 Å². The molecule has 2 amide bonds. The monoisotopic (exact) mass is 447 g/mol. The van der Waals surface area contributed by atoms with Gasteiger partial charge in [-0.15, -0.1) is 0 Å². The SMILES string of the molecule is CC1CCCCN1S(=O)(=O)c1ccc2c(c1)CCC(=O)N2CC(=O)NC1CCCCC1. The van der Waals surface area contributed by atoms with Gasteiger partial charge in [0.05, 0.1) is 4.90 Å². The first-order chi connectivity index (χ1) is 14.9. The Morgan fingerprint density at radius 2 is 1.81 bits per heavy atom. The van der Waals surface area contributed by atoms with Crippen LogP contribution in [0, 0.1) is 0 Å². The zero-order valence-corrected chi connectivity index (χ0v) is 19.1. The Hall–Kier alpha value is -1.93. The fourth-order valence-electron chi connectivity index (χ4n) is 5.10. The predicted molar refractivity (Wildman–Crippen MR) is 119 cm³/mol. The predicted octanol–water partition coefficient (Wildman–Crippen LogP) is 2.98. The molecule has 1 atom stereocenters. The molecule has 1 unspecified atom stereocenters. The highest BCUT2D eigenvalue weighted by atomic mass is 32.2. The molecule has 2 aliphatic heterocycles. The molecule has 1 aromatic carbocycles. The minimum Gasteiger partial charge on any atom is -0.352 e.